The first kappa shape index (κ1) is 17.5. The Morgan fingerprint density at radius 2 is 1.72 bits per heavy atom. The average molecular weight is 347 g/mol. The lowest BCUT2D eigenvalue weighted by Crippen LogP contribution is -2.56. The molecule has 0 aliphatic heterocycles. The van der Waals surface area contributed by atoms with E-state index in [4.69, 9.17) is 4.74 Å². The van der Waals surface area contributed by atoms with Crippen molar-refractivity contribution in [3.63, 3.8) is 0 Å². The van der Waals surface area contributed by atoms with Gasteiger partial charge in [-0.15, -0.1) is 0 Å². The zero-order chi connectivity index (χ0) is 18.0. The van der Waals surface area contributed by atoms with Gasteiger partial charge < -0.3 is 4.74 Å². The first-order valence-corrected chi connectivity index (χ1v) is 10.4. The van der Waals surface area contributed by atoms with E-state index >= 15 is 0 Å². The van der Waals surface area contributed by atoms with Crippen molar-refractivity contribution >= 4 is 11.8 Å². The van der Waals surface area contributed by atoms with Crippen LogP contribution < -0.4 is 0 Å². The van der Waals surface area contributed by atoms with Gasteiger partial charge in [0.2, 0.25) is 0 Å². The molecule has 25 heavy (non-hydrogen) atoms. The summed E-state index contributed by atoms with van der Waals surface area (Å²) in [7, 11) is 0. The van der Waals surface area contributed by atoms with Crippen LogP contribution in [-0.4, -0.2) is 17.4 Å². The highest BCUT2D eigenvalue weighted by molar-refractivity contribution is 5.79. The van der Waals surface area contributed by atoms with Crippen molar-refractivity contribution in [2.24, 2.45) is 34.5 Å². The average Bonchev–Trinajstić information content (AvgIpc) is 2.79. The van der Waals surface area contributed by atoms with E-state index in [0.717, 1.165) is 37.5 Å². The largest absolute Gasteiger partial charge is 0.459 e. The van der Waals surface area contributed by atoms with Gasteiger partial charge in [-0.25, -0.2) is 0 Å². The van der Waals surface area contributed by atoms with Crippen LogP contribution in [0.25, 0.3) is 0 Å². The number of esters is 1. The fourth-order valence-electron chi connectivity index (χ4n) is 7.76. The van der Waals surface area contributed by atoms with Crippen molar-refractivity contribution in [3.05, 3.63) is 0 Å². The number of carbonyl (C=O) groups is 2. The van der Waals surface area contributed by atoms with Gasteiger partial charge in [0.25, 0.3) is 0 Å². The predicted molar refractivity (Wildman–Crippen MR) is 96.9 cm³/mol. The van der Waals surface area contributed by atoms with E-state index < -0.39 is 0 Å². The molecule has 0 radical (unpaired) electrons. The van der Waals surface area contributed by atoms with E-state index in [1.807, 2.05) is 0 Å². The normalized spacial score (nSPS) is 52.1. The van der Waals surface area contributed by atoms with Crippen LogP contribution >= 0.6 is 0 Å². The molecule has 0 N–H and O–H groups in total. The molecule has 0 heterocycles. The van der Waals surface area contributed by atoms with Crippen LogP contribution in [0.4, 0.5) is 0 Å². The Morgan fingerprint density at radius 3 is 2.44 bits per heavy atom. The highest BCUT2D eigenvalue weighted by Gasteiger charge is 2.64. The summed E-state index contributed by atoms with van der Waals surface area (Å²) in [4.78, 5) is 23.7. The Kier molecular flexibility index (Phi) is 3.91. The molecule has 4 rings (SSSR count). The molecule has 0 spiro atoms. The number of hydrogen-bond donors (Lipinski definition) is 0. The second-order valence-electron chi connectivity index (χ2n) is 10.2. The van der Waals surface area contributed by atoms with Gasteiger partial charge in [-0.3, -0.25) is 9.59 Å². The van der Waals surface area contributed by atoms with Gasteiger partial charge in [0.15, 0.2) is 0 Å². The predicted octanol–water partition coefficient (Wildman–Crippen LogP) is 4.92. The molecule has 140 valence electrons. The third-order valence-electron chi connectivity index (χ3n) is 9.38. The second kappa shape index (κ2) is 5.57. The number of fused-ring (bicyclic) bond motifs is 5. The summed E-state index contributed by atoms with van der Waals surface area (Å²) >= 11 is 0. The lowest BCUT2D eigenvalue weighted by atomic mass is 9.44. The number of rotatable bonds is 1. The molecule has 0 aromatic rings. The minimum absolute atomic E-state index is 0.119. The van der Waals surface area contributed by atoms with Crippen LogP contribution in [-0.2, 0) is 14.3 Å². The molecule has 0 saturated heterocycles. The molecule has 4 aliphatic rings. The van der Waals surface area contributed by atoms with E-state index in [1.165, 1.54) is 32.1 Å². The highest BCUT2D eigenvalue weighted by atomic mass is 16.6. The minimum atomic E-state index is -0.297. The molecule has 7 atom stereocenters. The van der Waals surface area contributed by atoms with Gasteiger partial charge in [-0.05, 0) is 81.0 Å². The van der Waals surface area contributed by atoms with Gasteiger partial charge in [-0.1, -0.05) is 13.8 Å². The Labute approximate surface area is 152 Å². The van der Waals surface area contributed by atoms with Gasteiger partial charge in [-0.2, -0.15) is 0 Å². The van der Waals surface area contributed by atoms with E-state index in [-0.39, 0.29) is 17.0 Å². The van der Waals surface area contributed by atoms with Crippen LogP contribution in [0.5, 0.6) is 0 Å². The number of carbonyl (C=O) groups excluding carboxylic acids is 2. The quantitative estimate of drug-likeness (QED) is 0.633. The number of Topliss-reactive ketones (excluding diaryl/α,β-unsaturated/α-hetero) is 1. The van der Waals surface area contributed by atoms with Crippen LogP contribution in [0.15, 0.2) is 0 Å². The van der Waals surface area contributed by atoms with E-state index in [1.54, 1.807) is 6.92 Å². The molecule has 3 nitrogen and oxygen atoms in total. The highest BCUT2D eigenvalue weighted by Crippen LogP contribution is 2.68. The van der Waals surface area contributed by atoms with Gasteiger partial charge >= 0.3 is 5.97 Å². The smallest absolute Gasteiger partial charge is 0.303 e. The maximum Gasteiger partial charge on any atom is 0.303 e. The summed E-state index contributed by atoms with van der Waals surface area (Å²) in [6, 6.07) is 0. The van der Waals surface area contributed by atoms with Crippen LogP contribution in [0.3, 0.4) is 0 Å². The molecule has 0 aromatic carbocycles. The van der Waals surface area contributed by atoms with Crippen molar-refractivity contribution in [2.75, 3.05) is 0 Å². The molecular formula is C22H34O3. The lowest BCUT2D eigenvalue weighted by Gasteiger charge is -2.61. The minimum Gasteiger partial charge on any atom is -0.459 e. The number of ketones is 1. The third-order valence-corrected chi connectivity index (χ3v) is 9.38. The second-order valence-corrected chi connectivity index (χ2v) is 10.2. The molecular weight excluding hydrogens is 312 g/mol. The summed E-state index contributed by atoms with van der Waals surface area (Å²) in [5.41, 5.74) is 0.181. The SMILES string of the molecule is CC(=O)O[C@]1(C)CC[C@H]2[C@@H]3CC[C@H]4CC(=O)CC[C@]4(C)[C@H]3CC[C@@]21C. The standard InChI is InChI=1S/C22H34O3/c1-14(23)25-22(4)12-9-19-17-6-5-15-13-16(24)7-10-20(15,2)18(17)8-11-21(19,22)3/h15,17-19H,5-13H2,1-4H3/t15-,17+,18-,19-,20-,21-,22+/m0/s1. The maximum absolute atomic E-state index is 12.0. The van der Waals surface area contributed by atoms with Crippen molar-refractivity contribution in [1.29, 1.82) is 0 Å². The first-order chi connectivity index (χ1) is 11.7. The summed E-state index contributed by atoms with van der Waals surface area (Å²) in [6.45, 7) is 8.62. The number of ether oxygens (including phenoxy) is 1. The summed E-state index contributed by atoms with van der Waals surface area (Å²) < 4.78 is 5.91. The van der Waals surface area contributed by atoms with Crippen LogP contribution in [0.1, 0.15) is 85.5 Å². The van der Waals surface area contributed by atoms with Crippen molar-refractivity contribution in [1.82, 2.24) is 0 Å². The van der Waals surface area contributed by atoms with Crippen molar-refractivity contribution < 1.29 is 14.3 Å². The van der Waals surface area contributed by atoms with E-state index in [9.17, 15) is 9.59 Å². The summed E-state index contributed by atoms with van der Waals surface area (Å²) in [6.07, 6.45) is 9.83. The summed E-state index contributed by atoms with van der Waals surface area (Å²) in [5, 5.41) is 0. The molecule has 3 heteroatoms. The summed E-state index contributed by atoms with van der Waals surface area (Å²) in [5.74, 6) is 3.16. The molecule has 4 aliphatic carbocycles. The fraction of sp³-hybridized carbons (Fsp3) is 0.909. The zero-order valence-electron chi connectivity index (χ0n) is 16.4. The molecule has 0 amide bonds. The van der Waals surface area contributed by atoms with E-state index in [2.05, 4.69) is 20.8 Å². The van der Waals surface area contributed by atoms with Crippen molar-refractivity contribution in [3.8, 4) is 0 Å². The molecule has 0 unspecified atom stereocenters. The monoisotopic (exact) mass is 346 g/mol. The fourth-order valence-corrected chi connectivity index (χ4v) is 7.76. The molecule has 4 saturated carbocycles. The van der Waals surface area contributed by atoms with Gasteiger partial charge in [0.1, 0.15) is 11.4 Å². The Morgan fingerprint density at radius 1 is 1.00 bits per heavy atom. The third kappa shape index (κ3) is 2.36. The zero-order valence-corrected chi connectivity index (χ0v) is 16.4. The van der Waals surface area contributed by atoms with Crippen LogP contribution in [0, 0.1) is 34.5 Å². The Balaban J connectivity index is 1.62. The van der Waals surface area contributed by atoms with Gasteiger partial charge in [0.05, 0.1) is 0 Å². The first-order valence-electron chi connectivity index (χ1n) is 10.4. The molecule has 0 aromatic heterocycles. The molecule has 4 fully saturated rings. The van der Waals surface area contributed by atoms with E-state index in [0.29, 0.717) is 23.0 Å². The van der Waals surface area contributed by atoms with Gasteiger partial charge in [0, 0.05) is 25.2 Å². The Hall–Kier alpha value is -0.860. The Bertz CT molecular complexity index is 598. The van der Waals surface area contributed by atoms with Crippen molar-refractivity contribution in [2.45, 2.75) is 91.1 Å². The van der Waals surface area contributed by atoms with Crippen LogP contribution in [0.2, 0.25) is 0 Å². The maximum atomic E-state index is 12.0. The number of hydrogen-bond acceptors (Lipinski definition) is 3. The topological polar surface area (TPSA) is 43.4 Å². The molecule has 0 bridgehead atoms. The lowest BCUT2D eigenvalue weighted by molar-refractivity contribution is -0.183.